The van der Waals surface area contributed by atoms with Crippen molar-refractivity contribution in [3.05, 3.63) is 0 Å². The van der Waals surface area contributed by atoms with Crippen molar-refractivity contribution in [1.82, 2.24) is 21.5 Å². The normalized spacial score (nSPS) is 27.6. The average molecular weight is 142 g/mol. The molecule has 2 saturated heterocycles. The zero-order valence-corrected chi connectivity index (χ0v) is 5.98. The third-order valence-corrected chi connectivity index (χ3v) is 2.05. The molecular formula is C6H14N4. The maximum absolute atomic E-state index is 3.27. The molecule has 0 aromatic carbocycles. The third-order valence-electron chi connectivity index (χ3n) is 2.05. The minimum atomic E-state index is 0.653. The van der Waals surface area contributed by atoms with Gasteiger partial charge >= 0.3 is 0 Å². The molecule has 0 unspecified atom stereocenters. The Bertz CT molecular complexity index is 94.3. The Labute approximate surface area is 60.7 Å². The van der Waals surface area contributed by atoms with Gasteiger partial charge in [0.1, 0.15) is 0 Å². The first-order chi connectivity index (χ1) is 4.95. The van der Waals surface area contributed by atoms with Gasteiger partial charge < -0.3 is 10.6 Å². The second-order valence-corrected chi connectivity index (χ2v) is 3.00. The smallest absolute Gasteiger partial charge is 0.0462 e. The molecule has 4 heteroatoms. The Morgan fingerprint density at radius 1 is 0.800 bits per heavy atom. The van der Waals surface area contributed by atoms with Crippen LogP contribution in [-0.4, -0.2) is 38.3 Å². The van der Waals surface area contributed by atoms with E-state index in [1.807, 2.05) is 0 Å². The molecule has 0 radical (unpaired) electrons. The number of hydrazine groups is 1. The van der Waals surface area contributed by atoms with Gasteiger partial charge in [-0.15, -0.1) is 0 Å². The third kappa shape index (κ3) is 1.29. The van der Waals surface area contributed by atoms with E-state index in [1.54, 1.807) is 0 Å². The fourth-order valence-corrected chi connectivity index (χ4v) is 1.02. The number of nitrogens with one attached hydrogen (secondary N) is 4. The fourth-order valence-electron chi connectivity index (χ4n) is 1.02. The Hall–Kier alpha value is -0.160. The van der Waals surface area contributed by atoms with Crippen LogP contribution in [0.15, 0.2) is 0 Å². The van der Waals surface area contributed by atoms with Gasteiger partial charge in [-0.25, -0.2) is 0 Å². The minimum absolute atomic E-state index is 0.653. The molecule has 4 nitrogen and oxygen atoms in total. The van der Waals surface area contributed by atoms with Crippen LogP contribution in [0.1, 0.15) is 0 Å². The van der Waals surface area contributed by atoms with Gasteiger partial charge in [0.25, 0.3) is 0 Å². The molecule has 0 aliphatic carbocycles. The standard InChI is InChI=1S/C6H14N4/c1-5(2-7-1)9-10-6-3-8-4-6/h5-10H,1-4H2. The SMILES string of the molecule is C1NCC1NNC1CNC1. The van der Waals surface area contributed by atoms with Crippen LogP contribution in [0.3, 0.4) is 0 Å². The molecule has 58 valence electrons. The number of hydrogen-bond donors (Lipinski definition) is 4. The van der Waals surface area contributed by atoms with Crippen molar-refractivity contribution < 1.29 is 0 Å². The van der Waals surface area contributed by atoms with Gasteiger partial charge in [0, 0.05) is 38.3 Å². The molecule has 0 bridgehead atoms. The number of rotatable bonds is 3. The highest BCUT2D eigenvalue weighted by Gasteiger charge is 2.20. The van der Waals surface area contributed by atoms with Crippen molar-refractivity contribution in [1.29, 1.82) is 0 Å². The van der Waals surface area contributed by atoms with Crippen LogP contribution < -0.4 is 21.5 Å². The summed E-state index contributed by atoms with van der Waals surface area (Å²) in [6.07, 6.45) is 0. The van der Waals surface area contributed by atoms with E-state index in [0.29, 0.717) is 12.1 Å². The highest BCUT2D eigenvalue weighted by molar-refractivity contribution is 4.84. The molecule has 0 aromatic heterocycles. The summed E-state index contributed by atoms with van der Waals surface area (Å²) >= 11 is 0. The van der Waals surface area contributed by atoms with Gasteiger partial charge in [-0.1, -0.05) is 0 Å². The van der Waals surface area contributed by atoms with Crippen molar-refractivity contribution >= 4 is 0 Å². The Morgan fingerprint density at radius 2 is 1.20 bits per heavy atom. The van der Waals surface area contributed by atoms with Crippen LogP contribution in [-0.2, 0) is 0 Å². The second kappa shape index (κ2) is 2.84. The van der Waals surface area contributed by atoms with Crippen molar-refractivity contribution in [2.75, 3.05) is 26.2 Å². The Kier molecular flexibility index (Phi) is 1.86. The summed E-state index contributed by atoms with van der Waals surface area (Å²) in [4.78, 5) is 0. The summed E-state index contributed by atoms with van der Waals surface area (Å²) in [6.45, 7) is 4.42. The molecule has 2 heterocycles. The van der Waals surface area contributed by atoms with Crippen LogP contribution >= 0.6 is 0 Å². The molecule has 2 rings (SSSR count). The van der Waals surface area contributed by atoms with Gasteiger partial charge in [0.15, 0.2) is 0 Å². The first-order valence-corrected chi connectivity index (χ1v) is 3.87. The van der Waals surface area contributed by atoms with Gasteiger partial charge in [-0.3, -0.25) is 10.9 Å². The molecular weight excluding hydrogens is 128 g/mol. The molecule has 0 spiro atoms. The summed E-state index contributed by atoms with van der Waals surface area (Å²) in [5.74, 6) is 0. The molecule has 0 atom stereocenters. The lowest BCUT2D eigenvalue weighted by Gasteiger charge is -2.34. The van der Waals surface area contributed by atoms with E-state index in [0.717, 1.165) is 26.2 Å². The van der Waals surface area contributed by atoms with E-state index in [2.05, 4.69) is 21.5 Å². The molecule has 0 aromatic rings. The molecule has 2 aliphatic heterocycles. The lowest BCUT2D eigenvalue weighted by molar-refractivity contribution is 0.260. The maximum Gasteiger partial charge on any atom is 0.0462 e. The summed E-state index contributed by atoms with van der Waals surface area (Å²) < 4.78 is 0. The average Bonchev–Trinajstić information content (AvgIpc) is 1.70. The molecule has 0 saturated carbocycles. The first-order valence-electron chi connectivity index (χ1n) is 3.87. The Morgan fingerprint density at radius 3 is 1.40 bits per heavy atom. The largest absolute Gasteiger partial charge is 0.313 e. The summed E-state index contributed by atoms with van der Waals surface area (Å²) in [5.41, 5.74) is 6.54. The van der Waals surface area contributed by atoms with Crippen molar-refractivity contribution in [3.8, 4) is 0 Å². The van der Waals surface area contributed by atoms with Gasteiger partial charge in [-0.2, -0.15) is 0 Å². The summed E-state index contributed by atoms with van der Waals surface area (Å²) in [5, 5.41) is 6.41. The minimum Gasteiger partial charge on any atom is -0.313 e. The predicted molar refractivity (Wildman–Crippen MR) is 39.6 cm³/mol. The molecule has 4 N–H and O–H groups in total. The number of hydrogen-bond acceptors (Lipinski definition) is 4. The molecule has 0 amide bonds. The van der Waals surface area contributed by atoms with E-state index in [1.165, 1.54) is 0 Å². The first kappa shape index (κ1) is 6.54. The highest BCUT2D eigenvalue weighted by Crippen LogP contribution is 1.91. The van der Waals surface area contributed by atoms with Crippen LogP contribution in [0.2, 0.25) is 0 Å². The van der Waals surface area contributed by atoms with Gasteiger partial charge in [0.05, 0.1) is 0 Å². The maximum atomic E-state index is 3.27. The van der Waals surface area contributed by atoms with E-state index in [-0.39, 0.29) is 0 Å². The predicted octanol–water partition coefficient (Wildman–Crippen LogP) is -1.98. The molecule has 10 heavy (non-hydrogen) atoms. The summed E-state index contributed by atoms with van der Waals surface area (Å²) in [7, 11) is 0. The summed E-state index contributed by atoms with van der Waals surface area (Å²) in [6, 6.07) is 1.31. The van der Waals surface area contributed by atoms with Crippen LogP contribution in [0.25, 0.3) is 0 Å². The lowest BCUT2D eigenvalue weighted by Crippen LogP contribution is -2.66. The monoisotopic (exact) mass is 142 g/mol. The Balaban J connectivity index is 1.54. The van der Waals surface area contributed by atoms with E-state index < -0.39 is 0 Å². The van der Waals surface area contributed by atoms with Crippen molar-refractivity contribution in [2.24, 2.45) is 0 Å². The van der Waals surface area contributed by atoms with Crippen molar-refractivity contribution in [2.45, 2.75) is 12.1 Å². The topological polar surface area (TPSA) is 48.1 Å². The van der Waals surface area contributed by atoms with E-state index >= 15 is 0 Å². The van der Waals surface area contributed by atoms with Gasteiger partial charge in [-0.05, 0) is 0 Å². The van der Waals surface area contributed by atoms with Crippen molar-refractivity contribution in [3.63, 3.8) is 0 Å². The van der Waals surface area contributed by atoms with Crippen LogP contribution in [0.5, 0.6) is 0 Å². The van der Waals surface area contributed by atoms with E-state index in [4.69, 9.17) is 0 Å². The zero-order chi connectivity index (χ0) is 6.81. The fraction of sp³-hybridized carbons (Fsp3) is 1.00. The lowest BCUT2D eigenvalue weighted by atomic mass is 10.2. The van der Waals surface area contributed by atoms with Crippen LogP contribution in [0, 0.1) is 0 Å². The highest BCUT2D eigenvalue weighted by atomic mass is 15.4. The molecule has 2 fully saturated rings. The van der Waals surface area contributed by atoms with E-state index in [9.17, 15) is 0 Å². The molecule has 2 aliphatic rings. The zero-order valence-electron chi connectivity index (χ0n) is 5.98. The van der Waals surface area contributed by atoms with Crippen LogP contribution in [0.4, 0.5) is 0 Å². The second-order valence-electron chi connectivity index (χ2n) is 3.00. The van der Waals surface area contributed by atoms with Gasteiger partial charge in [0.2, 0.25) is 0 Å². The quantitative estimate of drug-likeness (QED) is 0.345.